The monoisotopic (exact) mass is 386 g/mol. The molecule has 6 heteroatoms. The van der Waals surface area contributed by atoms with E-state index in [4.69, 9.17) is 18.9 Å². The average molecular weight is 386 g/mol. The maximum atomic E-state index is 5.60. The van der Waals surface area contributed by atoms with Gasteiger partial charge in [-0.05, 0) is 11.6 Å². The van der Waals surface area contributed by atoms with Gasteiger partial charge in [-0.15, -0.1) is 0 Å². The summed E-state index contributed by atoms with van der Waals surface area (Å²) in [6.07, 6.45) is 0. The van der Waals surface area contributed by atoms with Gasteiger partial charge < -0.3 is 24.3 Å². The molecule has 6 nitrogen and oxygen atoms in total. The van der Waals surface area contributed by atoms with E-state index in [-0.39, 0.29) is 0 Å². The lowest BCUT2D eigenvalue weighted by Crippen LogP contribution is -2.42. The number of rotatable bonds is 9. The molecule has 1 unspecified atom stereocenters. The molecule has 1 heterocycles. The van der Waals surface area contributed by atoms with Crippen LogP contribution in [0.25, 0.3) is 0 Å². The van der Waals surface area contributed by atoms with Crippen LogP contribution in [0.1, 0.15) is 17.2 Å². The third kappa shape index (κ3) is 4.76. The maximum Gasteiger partial charge on any atom is 0.203 e. The fraction of sp³-hybridized carbons (Fsp3) is 0.455. The van der Waals surface area contributed by atoms with Crippen LogP contribution in [0.15, 0.2) is 42.5 Å². The number of ether oxygens (including phenoxy) is 4. The maximum absolute atomic E-state index is 5.60. The predicted molar refractivity (Wildman–Crippen MR) is 109 cm³/mol. The Hall–Kier alpha value is -2.28. The second kappa shape index (κ2) is 10.3. The number of nitrogens with one attached hydrogen (secondary N) is 1. The van der Waals surface area contributed by atoms with Crippen LogP contribution in [0.2, 0.25) is 0 Å². The molecule has 0 bridgehead atoms. The van der Waals surface area contributed by atoms with E-state index < -0.39 is 0 Å². The number of hydrogen-bond donors (Lipinski definition) is 1. The topological polar surface area (TPSA) is 52.2 Å². The summed E-state index contributed by atoms with van der Waals surface area (Å²) < 4.78 is 22.0. The fourth-order valence-electron chi connectivity index (χ4n) is 3.67. The van der Waals surface area contributed by atoms with Gasteiger partial charge in [0.15, 0.2) is 11.5 Å². The summed E-state index contributed by atoms with van der Waals surface area (Å²) >= 11 is 0. The Morgan fingerprint density at radius 1 is 0.929 bits per heavy atom. The first-order valence-corrected chi connectivity index (χ1v) is 9.63. The predicted octanol–water partition coefficient (Wildman–Crippen LogP) is 2.88. The highest BCUT2D eigenvalue weighted by Gasteiger charge is 2.22. The standard InChI is InChI=1S/C22H30N2O4/c1-25-20-10-9-18(21(26-2)22(20)27-3)15-23-16-19(17-7-5-4-6-8-17)24-11-13-28-14-12-24/h4-10,19,23H,11-16H2,1-3H3. The highest BCUT2D eigenvalue weighted by molar-refractivity contribution is 5.55. The molecule has 1 N–H and O–H groups in total. The van der Waals surface area contributed by atoms with Crippen LogP contribution in [0.5, 0.6) is 17.2 Å². The summed E-state index contributed by atoms with van der Waals surface area (Å²) in [5, 5.41) is 3.60. The third-order valence-electron chi connectivity index (χ3n) is 5.11. The first-order chi connectivity index (χ1) is 13.8. The van der Waals surface area contributed by atoms with Gasteiger partial charge in [-0.3, -0.25) is 4.90 Å². The summed E-state index contributed by atoms with van der Waals surface area (Å²) in [5.41, 5.74) is 2.35. The van der Waals surface area contributed by atoms with E-state index in [1.807, 2.05) is 12.1 Å². The summed E-state index contributed by atoms with van der Waals surface area (Å²) in [7, 11) is 4.91. The minimum Gasteiger partial charge on any atom is -0.493 e. The van der Waals surface area contributed by atoms with E-state index in [1.165, 1.54) is 5.56 Å². The number of nitrogens with zero attached hydrogens (tertiary/aromatic N) is 1. The fourth-order valence-corrected chi connectivity index (χ4v) is 3.67. The van der Waals surface area contributed by atoms with E-state index in [2.05, 4.69) is 40.5 Å². The zero-order valence-corrected chi connectivity index (χ0v) is 16.9. The molecule has 2 aromatic carbocycles. The SMILES string of the molecule is COc1ccc(CNCC(c2ccccc2)N2CCOCC2)c(OC)c1OC. The highest BCUT2D eigenvalue weighted by atomic mass is 16.5. The second-order valence-corrected chi connectivity index (χ2v) is 6.70. The Morgan fingerprint density at radius 2 is 1.64 bits per heavy atom. The molecule has 0 spiro atoms. The summed E-state index contributed by atoms with van der Waals surface area (Å²) in [6.45, 7) is 4.97. The van der Waals surface area contributed by atoms with Crippen molar-refractivity contribution < 1.29 is 18.9 Å². The van der Waals surface area contributed by atoms with Crippen LogP contribution in [-0.2, 0) is 11.3 Å². The minimum absolute atomic E-state index is 0.302. The normalized spacial score (nSPS) is 15.8. The molecular weight excluding hydrogens is 356 g/mol. The van der Waals surface area contributed by atoms with Gasteiger partial charge in [0.25, 0.3) is 0 Å². The van der Waals surface area contributed by atoms with Gasteiger partial charge in [0.2, 0.25) is 5.75 Å². The molecule has 1 aliphatic rings. The highest BCUT2D eigenvalue weighted by Crippen LogP contribution is 2.39. The Bertz CT molecular complexity index is 733. The Morgan fingerprint density at radius 3 is 2.29 bits per heavy atom. The van der Waals surface area contributed by atoms with E-state index >= 15 is 0 Å². The molecule has 0 saturated carbocycles. The van der Waals surface area contributed by atoms with Crippen molar-refractivity contribution in [2.75, 3.05) is 54.2 Å². The van der Waals surface area contributed by atoms with E-state index in [1.54, 1.807) is 21.3 Å². The average Bonchev–Trinajstić information content (AvgIpc) is 2.77. The van der Waals surface area contributed by atoms with Gasteiger partial charge in [0.1, 0.15) is 0 Å². The lowest BCUT2D eigenvalue weighted by Gasteiger charge is -2.35. The summed E-state index contributed by atoms with van der Waals surface area (Å²) in [6, 6.07) is 14.9. The molecule has 152 valence electrons. The van der Waals surface area contributed by atoms with Crippen molar-refractivity contribution >= 4 is 0 Å². The number of benzene rings is 2. The molecule has 2 aromatic rings. The molecular formula is C22H30N2O4. The zero-order chi connectivity index (χ0) is 19.8. The smallest absolute Gasteiger partial charge is 0.203 e. The molecule has 1 aliphatic heterocycles. The first-order valence-electron chi connectivity index (χ1n) is 9.63. The molecule has 1 atom stereocenters. The van der Waals surface area contributed by atoms with Gasteiger partial charge >= 0.3 is 0 Å². The van der Waals surface area contributed by atoms with Crippen LogP contribution in [0.3, 0.4) is 0 Å². The van der Waals surface area contributed by atoms with Gasteiger partial charge in [-0.25, -0.2) is 0 Å². The molecule has 28 heavy (non-hydrogen) atoms. The first kappa shape index (κ1) is 20.5. The van der Waals surface area contributed by atoms with Crippen LogP contribution in [-0.4, -0.2) is 59.1 Å². The quantitative estimate of drug-likeness (QED) is 0.715. The minimum atomic E-state index is 0.302. The van der Waals surface area contributed by atoms with Gasteiger partial charge in [-0.2, -0.15) is 0 Å². The molecule has 1 saturated heterocycles. The molecule has 0 radical (unpaired) electrons. The van der Waals surface area contributed by atoms with E-state index in [9.17, 15) is 0 Å². The van der Waals surface area contributed by atoms with Crippen LogP contribution >= 0.6 is 0 Å². The lowest BCUT2D eigenvalue weighted by molar-refractivity contribution is 0.0161. The van der Waals surface area contributed by atoms with Gasteiger partial charge in [0.05, 0.1) is 34.5 Å². The zero-order valence-electron chi connectivity index (χ0n) is 16.9. The Labute approximate surface area is 167 Å². The summed E-state index contributed by atoms with van der Waals surface area (Å²) in [4.78, 5) is 2.48. The van der Waals surface area contributed by atoms with Crippen LogP contribution < -0.4 is 19.5 Å². The number of methoxy groups -OCH3 is 3. The van der Waals surface area contributed by atoms with Gasteiger partial charge in [0, 0.05) is 37.8 Å². The molecule has 1 fully saturated rings. The molecule has 3 rings (SSSR count). The van der Waals surface area contributed by atoms with Crippen LogP contribution in [0.4, 0.5) is 0 Å². The van der Waals surface area contributed by atoms with Crippen molar-refractivity contribution in [3.05, 3.63) is 53.6 Å². The van der Waals surface area contributed by atoms with Crippen molar-refractivity contribution in [3.8, 4) is 17.2 Å². The Balaban J connectivity index is 1.72. The van der Waals surface area contributed by atoms with E-state index in [0.717, 1.165) is 38.4 Å². The molecule has 0 amide bonds. The van der Waals surface area contributed by atoms with Crippen molar-refractivity contribution in [2.45, 2.75) is 12.6 Å². The van der Waals surface area contributed by atoms with Crippen LogP contribution in [0, 0.1) is 0 Å². The van der Waals surface area contributed by atoms with Crippen molar-refractivity contribution in [3.63, 3.8) is 0 Å². The largest absolute Gasteiger partial charge is 0.493 e. The second-order valence-electron chi connectivity index (χ2n) is 6.70. The van der Waals surface area contributed by atoms with E-state index in [0.29, 0.717) is 29.8 Å². The summed E-state index contributed by atoms with van der Waals surface area (Å²) in [5.74, 6) is 1.99. The number of hydrogen-bond acceptors (Lipinski definition) is 6. The van der Waals surface area contributed by atoms with Crippen molar-refractivity contribution in [1.82, 2.24) is 10.2 Å². The van der Waals surface area contributed by atoms with Crippen molar-refractivity contribution in [2.24, 2.45) is 0 Å². The third-order valence-corrected chi connectivity index (χ3v) is 5.11. The van der Waals surface area contributed by atoms with Crippen molar-refractivity contribution in [1.29, 1.82) is 0 Å². The number of morpholine rings is 1. The van der Waals surface area contributed by atoms with Gasteiger partial charge in [-0.1, -0.05) is 36.4 Å². The molecule has 0 aromatic heterocycles. The molecule has 0 aliphatic carbocycles. The Kier molecular flexibility index (Phi) is 7.54. The lowest BCUT2D eigenvalue weighted by atomic mass is 10.0.